The number of rotatable bonds is 5. The molecule has 2 fully saturated rings. The van der Waals surface area contributed by atoms with E-state index in [4.69, 9.17) is 9.15 Å². The van der Waals surface area contributed by atoms with Gasteiger partial charge >= 0.3 is 18.0 Å². The third-order valence-corrected chi connectivity index (χ3v) is 4.66. The number of imide groups is 1. The minimum atomic E-state index is -0.869. The number of urea groups is 1. The standard InChI is InChI=1S/C17H20N2O7/c1-24-14(21)12-6-5-11(26-12)10-25-13(20)9-19-15(22)17(18-16(19)23)7-3-2-4-8-17/h5-6H,2-4,7-10H2,1H3,(H,18,23). The van der Waals surface area contributed by atoms with Gasteiger partial charge in [-0.2, -0.15) is 0 Å². The van der Waals surface area contributed by atoms with E-state index in [2.05, 4.69) is 10.1 Å². The molecule has 9 heteroatoms. The molecule has 3 rings (SSSR count). The van der Waals surface area contributed by atoms with Gasteiger partial charge in [0.25, 0.3) is 5.91 Å². The number of nitrogens with one attached hydrogen (secondary N) is 1. The molecule has 1 N–H and O–H groups in total. The zero-order valence-corrected chi connectivity index (χ0v) is 14.4. The lowest BCUT2D eigenvalue weighted by Gasteiger charge is -2.30. The molecular formula is C17H20N2O7. The minimum Gasteiger partial charge on any atom is -0.463 e. The van der Waals surface area contributed by atoms with Crippen LogP contribution >= 0.6 is 0 Å². The Morgan fingerprint density at radius 2 is 1.96 bits per heavy atom. The van der Waals surface area contributed by atoms with Crippen molar-refractivity contribution in [2.75, 3.05) is 13.7 Å². The van der Waals surface area contributed by atoms with Crippen molar-refractivity contribution in [1.29, 1.82) is 0 Å². The average molecular weight is 364 g/mol. The van der Waals surface area contributed by atoms with E-state index >= 15 is 0 Å². The van der Waals surface area contributed by atoms with Gasteiger partial charge in [-0.1, -0.05) is 19.3 Å². The topological polar surface area (TPSA) is 115 Å². The average Bonchev–Trinajstić information content (AvgIpc) is 3.20. The lowest BCUT2D eigenvalue weighted by atomic mass is 9.82. The summed E-state index contributed by atoms with van der Waals surface area (Å²) in [4.78, 5) is 48.9. The summed E-state index contributed by atoms with van der Waals surface area (Å²) in [6.07, 6.45) is 3.94. The minimum absolute atomic E-state index is 0.00751. The van der Waals surface area contributed by atoms with Gasteiger partial charge in [0, 0.05) is 0 Å². The molecule has 1 spiro atoms. The summed E-state index contributed by atoms with van der Waals surface area (Å²) in [6, 6.07) is 2.31. The number of carbonyl (C=O) groups is 4. The van der Waals surface area contributed by atoms with E-state index in [9.17, 15) is 19.2 Å². The summed E-state index contributed by atoms with van der Waals surface area (Å²) in [7, 11) is 1.22. The zero-order chi connectivity index (χ0) is 18.7. The van der Waals surface area contributed by atoms with Crippen LogP contribution in [-0.2, 0) is 25.7 Å². The van der Waals surface area contributed by atoms with E-state index in [0.29, 0.717) is 12.8 Å². The molecule has 26 heavy (non-hydrogen) atoms. The Hall–Kier alpha value is -2.84. The van der Waals surface area contributed by atoms with E-state index < -0.39 is 30.1 Å². The number of esters is 2. The molecule has 2 heterocycles. The molecule has 1 aliphatic carbocycles. The lowest BCUT2D eigenvalue weighted by molar-refractivity contribution is -0.149. The Balaban J connectivity index is 1.55. The van der Waals surface area contributed by atoms with Crippen molar-refractivity contribution in [3.63, 3.8) is 0 Å². The third kappa shape index (κ3) is 3.42. The smallest absolute Gasteiger partial charge is 0.373 e. The fraction of sp³-hybridized carbons (Fsp3) is 0.529. The van der Waals surface area contributed by atoms with Gasteiger partial charge in [-0.15, -0.1) is 0 Å². The summed E-state index contributed by atoms with van der Waals surface area (Å²) in [5, 5.41) is 2.73. The van der Waals surface area contributed by atoms with Gasteiger partial charge in [-0.3, -0.25) is 14.5 Å². The van der Waals surface area contributed by atoms with Crippen molar-refractivity contribution in [3.05, 3.63) is 23.7 Å². The van der Waals surface area contributed by atoms with E-state index in [1.807, 2.05) is 0 Å². The number of hydrogen-bond acceptors (Lipinski definition) is 7. The van der Waals surface area contributed by atoms with Crippen LogP contribution < -0.4 is 5.32 Å². The van der Waals surface area contributed by atoms with Crippen LogP contribution in [0.4, 0.5) is 4.79 Å². The van der Waals surface area contributed by atoms with Crippen LogP contribution in [0.25, 0.3) is 0 Å². The molecule has 1 aliphatic heterocycles. The fourth-order valence-corrected chi connectivity index (χ4v) is 3.31. The molecular weight excluding hydrogens is 344 g/mol. The maximum atomic E-state index is 12.6. The molecule has 1 saturated heterocycles. The lowest BCUT2D eigenvalue weighted by Crippen LogP contribution is -2.48. The Morgan fingerprint density at radius 3 is 2.65 bits per heavy atom. The van der Waals surface area contributed by atoms with Crippen molar-refractivity contribution in [1.82, 2.24) is 10.2 Å². The Kier molecular flexibility index (Phi) is 4.97. The van der Waals surface area contributed by atoms with Crippen LogP contribution in [0, 0.1) is 0 Å². The van der Waals surface area contributed by atoms with Crippen LogP contribution in [0.1, 0.15) is 48.4 Å². The van der Waals surface area contributed by atoms with Crippen LogP contribution in [0.5, 0.6) is 0 Å². The summed E-state index contributed by atoms with van der Waals surface area (Å²) in [6.45, 7) is -0.679. The predicted octanol–water partition coefficient (Wildman–Crippen LogP) is 1.36. The Bertz CT molecular complexity index is 733. The number of nitrogens with zero attached hydrogens (tertiary/aromatic N) is 1. The molecule has 9 nitrogen and oxygen atoms in total. The first-order chi connectivity index (χ1) is 12.4. The Morgan fingerprint density at radius 1 is 1.23 bits per heavy atom. The number of methoxy groups -OCH3 is 1. The molecule has 0 radical (unpaired) electrons. The van der Waals surface area contributed by atoms with Gasteiger partial charge in [0.2, 0.25) is 5.76 Å². The second-order valence-electron chi connectivity index (χ2n) is 6.38. The van der Waals surface area contributed by atoms with Crippen LogP contribution in [0.3, 0.4) is 0 Å². The second-order valence-corrected chi connectivity index (χ2v) is 6.38. The molecule has 0 aromatic carbocycles. The molecule has 0 bridgehead atoms. The molecule has 1 saturated carbocycles. The van der Waals surface area contributed by atoms with E-state index in [-0.39, 0.29) is 24.0 Å². The highest BCUT2D eigenvalue weighted by atomic mass is 16.6. The highest BCUT2D eigenvalue weighted by Crippen LogP contribution is 2.33. The first-order valence-corrected chi connectivity index (χ1v) is 8.42. The maximum absolute atomic E-state index is 12.6. The van der Waals surface area contributed by atoms with Gasteiger partial charge in [0.1, 0.15) is 24.5 Å². The van der Waals surface area contributed by atoms with Crippen molar-refractivity contribution < 1.29 is 33.1 Å². The predicted molar refractivity (Wildman–Crippen MR) is 85.9 cm³/mol. The summed E-state index contributed by atoms with van der Waals surface area (Å²) >= 11 is 0. The van der Waals surface area contributed by atoms with Crippen LogP contribution in [0.2, 0.25) is 0 Å². The largest absolute Gasteiger partial charge is 0.463 e. The zero-order valence-electron chi connectivity index (χ0n) is 14.4. The number of furan rings is 1. The molecule has 2 aliphatic rings. The molecule has 0 atom stereocenters. The molecule has 1 aromatic heterocycles. The van der Waals surface area contributed by atoms with Crippen LogP contribution in [0.15, 0.2) is 16.5 Å². The number of carbonyl (C=O) groups excluding carboxylic acids is 4. The maximum Gasteiger partial charge on any atom is 0.373 e. The van der Waals surface area contributed by atoms with Crippen molar-refractivity contribution >= 4 is 23.9 Å². The van der Waals surface area contributed by atoms with Gasteiger partial charge in [-0.05, 0) is 25.0 Å². The van der Waals surface area contributed by atoms with Crippen molar-refractivity contribution in [3.8, 4) is 0 Å². The van der Waals surface area contributed by atoms with Crippen LogP contribution in [-0.4, -0.2) is 48.0 Å². The number of amides is 3. The van der Waals surface area contributed by atoms with Crippen molar-refractivity contribution in [2.45, 2.75) is 44.2 Å². The van der Waals surface area contributed by atoms with Gasteiger partial charge < -0.3 is 19.2 Å². The molecule has 140 valence electrons. The highest BCUT2D eigenvalue weighted by Gasteiger charge is 2.51. The highest BCUT2D eigenvalue weighted by molar-refractivity contribution is 6.08. The molecule has 0 unspecified atom stereocenters. The Labute approximate surface area is 149 Å². The molecule has 3 amide bonds. The fourth-order valence-electron chi connectivity index (χ4n) is 3.31. The number of ether oxygens (including phenoxy) is 2. The van der Waals surface area contributed by atoms with E-state index in [1.165, 1.54) is 19.2 Å². The van der Waals surface area contributed by atoms with E-state index in [1.54, 1.807) is 0 Å². The quantitative estimate of drug-likeness (QED) is 0.619. The number of hydrogen-bond donors (Lipinski definition) is 1. The third-order valence-electron chi connectivity index (χ3n) is 4.66. The SMILES string of the molecule is COC(=O)c1ccc(COC(=O)CN2C(=O)NC3(CCCCC3)C2=O)o1. The van der Waals surface area contributed by atoms with Gasteiger partial charge in [0.05, 0.1) is 7.11 Å². The van der Waals surface area contributed by atoms with E-state index in [0.717, 1.165) is 24.2 Å². The second kappa shape index (κ2) is 7.19. The monoisotopic (exact) mass is 364 g/mol. The van der Waals surface area contributed by atoms with Crippen molar-refractivity contribution in [2.24, 2.45) is 0 Å². The van der Waals surface area contributed by atoms with Gasteiger partial charge in [-0.25, -0.2) is 9.59 Å². The summed E-state index contributed by atoms with van der Waals surface area (Å²) in [5.41, 5.74) is -0.869. The van der Waals surface area contributed by atoms with Gasteiger partial charge in [0.15, 0.2) is 0 Å². The summed E-state index contributed by atoms with van der Waals surface area (Å²) < 4.78 is 14.7. The summed E-state index contributed by atoms with van der Waals surface area (Å²) in [5.74, 6) is -1.51. The first-order valence-electron chi connectivity index (χ1n) is 8.42. The molecule has 1 aromatic rings. The normalized spacial score (nSPS) is 18.7. The first kappa shape index (κ1) is 18.0.